The summed E-state index contributed by atoms with van der Waals surface area (Å²) in [6.45, 7) is 2.76. The lowest BCUT2D eigenvalue weighted by atomic mass is 10.2. The molecule has 0 amide bonds. The van der Waals surface area contributed by atoms with Crippen LogP contribution in [0.25, 0.3) is 0 Å². The zero-order valence-electron chi connectivity index (χ0n) is 4.76. The zero-order chi connectivity index (χ0) is 5.98. The van der Waals surface area contributed by atoms with Crippen molar-refractivity contribution in [2.24, 2.45) is 4.99 Å². The van der Waals surface area contributed by atoms with Gasteiger partial charge >= 0.3 is 0 Å². The molecule has 2 heteroatoms. The van der Waals surface area contributed by atoms with Gasteiger partial charge in [0, 0.05) is 6.21 Å². The van der Waals surface area contributed by atoms with Crippen LogP contribution in [0.5, 0.6) is 0 Å². The molecule has 0 fully saturated rings. The van der Waals surface area contributed by atoms with E-state index >= 15 is 0 Å². The molecule has 1 unspecified atom stereocenters. The summed E-state index contributed by atoms with van der Waals surface area (Å²) in [5.41, 5.74) is 1.21. The van der Waals surface area contributed by atoms with Crippen LogP contribution in [-0.4, -0.2) is 18.1 Å². The number of aliphatic imine (C=N–C) groups is 1. The van der Waals surface area contributed by atoms with Gasteiger partial charge in [0.25, 0.3) is 0 Å². The van der Waals surface area contributed by atoms with Gasteiger partial charge in [-0.3, -0.25) is 4.99 Å². The predicted molar refractivity (Wildman–Crippen MR) is 36.8 cm³/mol. The van der Waals surface area contributed by atoms with Gasteiger partial charge in [0.05, 0.1) is 11.9 Å². The lowest BCUT2D eigenvalue weighted by Gasteiger charge is -2.08. The van der Waals surface area contributed by atoms with Crippen LogP contribution in [0.4, 0.5) is 0 Å². The van der Waals surface area contributed by atoms with E-state index in [1.54, 1.807) is 6.21 Å². The Labute approximate surface area is 54.1 Å². The summed E-state index contributed by atoms with van der Waals surface area (Å²) in [5.74, 6) is 0. The Morgan fingerprint density at radius 1 is 1.88 bits per heavy atom. The Kier molecular flexibility index (Phi) is 1.69. The number of allylic oxidation sites excluding steroid dienone is 1. The summed E-state index contributed by atoms with van der Waals surface area (Å²) in [5, 5.41) is 0.139. The van der Waals surface area contributed by atoms with Gasteiger partial charge in [0.2, 0.25) is 0 Å². The van der Waals surface area contributed by atoms with E-state index in [0.29, 0.717) is 0 Å². The summed E-state index contributed by atoms with van der Waals surface area (Å²) in [4.78, 5) is 3.98. The minimum absolute atomic E-state index is 0.139. The van der Waals surface area contributed by atoms with E-state index < -0.39 is 0 Å². The maximum Gasteiger partial charge on any atom is 0.0741 e. The SMILES string of the molecule is CC1=CC=NCC1Cl. The maximum absolute atomic E-state index is 5.79. The number of dihydropyridines is 1. The molecule has 1 aliphatic heterocycles. The van der Waals surface area contributed by atoms with Crippen molar-refractivity contribution >= 4 is 17.8 Å². The van der Waals surface area contributed by atoms with E-state index in [9.17, 15) is 0 Å². The number of hydrogen-bond acceptors (Lipinski definition) is 1. The molecule has 1 nitrogen and oxygen atoms in total. The molecule has 0 aromatic heterocycles. The number of nitrogens with zero attached hydrogens (tertiary/aromatic N) is 1. The molecular formula is C6H8ClN. The summed E-state index contributed by atoms with van der Waals surface area (Å²) in [6.07, 6.45) is 3.75. The van der Waals surface area contributed by atoms with Crippen molar-refractivity contribution in [2.75, 3.05) is 6.54 Å². The lowest BCUT2D eigenvalue weighted by Crippen LogP contribution is -2.08. The zero-order valence-corrected chi connectivity index (χ0v) is 5.52. The fourth-order valence-electron chi connectivity index (χ4n) is 0.572. The third-order valence-corrected chi connectivity index (χ3v) is 1.68. The average molecular weight is 130 g/mol. The van der Waals surface area contributed by atoms with Crippen molar-refractivity contribution in [1.29, 1.82) is 0 Å². The molecule has 0 aromatic rings. The van der Waals surface area contributed by atoms with Crippen LogP contribution in [-0.2, 0) is 0 Å². The monoisotopic (exact) mass is 129 g/mol. The van der Waals surface area contributed by atoms with Crippen molar-refractivity contribution in [3.8, 4) is 0 Å². The highest BCUT2D eigenvalue weighted by Crippen LogP contribution is 2.10. The molecule has 0 saturated carbocycles. The molecule has 0 saturated heterocycles. The summed E-state index contributed by atoms with van der Waals surface area (Å²) in [6, 6.07) is 0. The number of hydrogen-bond donors (Lipinski definition) is 0. The lowest BCUT2D eigenvalue weighted by molar-refractivity contribution is 0.950. The van der Waals surface area contributed by atoms with E-state index in [-0.39, 0.29) is 5.38 Å². The van der Waals surface area contributed by atoms with Crippen LogP contribution in [0.15, 0.2) is 16.6 Å². The molecule has 0 aromatic carbocycles. The van der Waals surface area contributed by atoms with E-state index in [1.165, 1.54) is 5.57 Å². The normalized spacial score (nSPS) is 27.8. The van der Waals surface area contributed by atoms with Gasteiger partial charge in [-0.1, -0.05) is 5.57 Å². The molecule has 0 bridgehead atoms. The summed E-state index contributed by atoms with van der Waals surface area (Å²) < 4.78 is 0. The Morgan fingerprint density at radius 3 is 3.00 bits per heavy atom. The van der Waals surface area contributed by atoms with Crippen molar-refractivity contribution in [3.63, 3.8) is 0 Å². The van der Waals surface area contributed by atoms with E-state index in [2.05, 4.69) is 4.99 Å². The largest absolute Gasteiger partial charge is 0.291 e. The second kappa shape index (κ2) is 2.31. The molecule has 8 heavy (non-hydrogen) atoms. The van der Waals surface area contributed by atoms with E-state index in [1.807, 2.05) is 13.0 Å². The molecule has 0 N–H and O–H groups in total. The van der Waals surface area contributed by atoms with Crippen molar-refractivity contribution in [3.05, 3.63) is 11.6 Å². The average Bonchev–Trinajstić information content (AvgIpc) is 1.77. The van der Waals surface area contributed by atoms with Gasteiger partial charge in [0.1, 0.15) is 0 Å². The highest BCUT2D eigenvalue weighted by Gasteiger charge is 2.06. The standard InChI is InChI=1S/C6H8ClN/c1-5-2-3-8-4-6(5)7/h2-3,6H,4H2,1H3. The predicted octanol–water partition coefficient (Wildman–Crippen LogP) is 1.62. The fourth-order valence-corrected chi connectivity index (χ4v) is 0.725. The number of rotatable bonds is 0. The van der Waals surface area contributed by atoms with Crippen LogP contribution in [0.2, 0.25) is 0 Å². The maximum atomic E-state index is 5.79. The number of halogens is 1. The van der Waals surface area contributed by atoms with Gasteiger partial charge in [-0.05, 0) is 13.0 Å². The first-order valence-electron chi connectivity index (χ1n) is 2.61. The Bertz CT molecular complexity index is 137. The Morgan fingerprint density at radius 2 is 2.62 bits per heavy atom. The van der Waals surface area contributed by atoms with E-state index in [4.69, 9.17) is 11.6 Å². The van der Waals surface area contributed by atoms with Gasteiger partial charge in [-0.15, -0.1) is 11.6 Å². The molecule has 0 radical (unpaired) electrons. The third-order valence-electron chi connectivity index (χ3n) is 1.20. The fraction of sp³-hybridized carbons (Fsp3) is 0.500. The van der Waals surface area contributed by atoms with Crippen LogP contribution in [0.1, 0.15) is 6.92 Å². The minimum Gasteiger partial charge on any atom is -0.291 e. The first-order valence-corrected chi connectivity index (χ1v) is 3.05. The number of alkyl halides is 1. The molecule has 0 spiro atoms. The van der Waals surface area contributed by atoms with E-state index in [0.717, 1.165) is 6.54 Å². The van der Waals surface area contributed by atoms with Gasteiger partial charge in [0.15, 0.2) is 0 Å². The topological polar surface area (TPSA) is 12.4 Å². The van der Waals surface area contributed by atoms with Gasteiger partial charge in [-0.25, -0.2) is 0 Å². The first kappa shape index (κ1) is 5.83. The summed E-state index contributed by atoms with van der Waals surface area (Å²) >= 11 is 5.79. The molecule has 1 rings (SSSR count). The molecular weight excluding hydrogens is 122 g/mol. The van der Waals surface area contributed by atoms with Crippen molar-refractivity contribution in [2.45, 2.75) is 12.3 Å². The third kappa shape index (κ3) is 1.10. The molecule has 44 valence electrons. The highest BCUT2D eigenvalue weighted by molar-refractivity contribution is 6.23. The highest BCUT2D eigenvalue weighted by atomic mass is 35.5. The minimum atomic E-state index is 0.139. The second-order valence-electron chi connectivity index (χ2n) is 1.89. The van der Waals surface area contributed by atoms with Crippen molar-refractivity contribution < 1.29 is 0 Å². The van der Waals surface area contributed by atoms with Gasteiger partial charge < -0.3 is 0 Å². The Balaban J connectivity index is 2.66. The summed E-state index contributed by atoms with van der Waals surface area (Å²) in [7, 11) is 0. The van der Waals surface area contributed by atoms with Crippen LogP contribution in [0, 0.1) is 0 Å². The Hall–Kier alpha value is -0.300. The first-order chi connectivity index (χ1) is 3.80. The second-order valence-corrected chi connectivity index (χ2v) is 2.42. The molecule has 1 atom stereocenters. The molecule has 1 aliphatic rings. The van der Waals surface area contributed by atoms with Gasteiger partial charge in [-0.2, -0.15) is 0 Å². The smallest absolute Gasteiger partial charge is 0.0741 e. The molecule has 1 heterocycles. The van der Waals surface area contributed by atoms with Crippen molar-refractivity contribution in [1.82, 2.24) is 0 Å². The van der Waals surface area contributed by atoms with Crippen LogP contribution in [0.3, 0.4) is 0 Å². The quantitative estimate of drug-likeness (QED) is 0.441. The van der Waals surface area contributed by atoms with Crippen LogP contribution < -0.4 is 0 Å². The van der Waals surface area contributed by atoms with Crippen LogP contribution >= 0.6 is 11.6 Å². The molecule has 0 aliphatic carbocycles.